The van der Waals surface area contributed by atoms with E-state index in [0.29, 0.717) is 31.2 Å². The maximum Gasteiger partial charge on any atom is 0.258 e. The van der Waals surface area contributed by atoms with Gasteiger partial charge < -0.3 is 14.5 Å². The monoisotopic (exact) mass is 405 g/mol. The summed E-state index contributed by atoms with van der Waals surface area (Å²) in [6.45, 7) is 9.34. The lowest BCUT2D eigenvalue weighted by Gasteiger charge is -2.24. The second-order valence-electron chi connectivity index (χ2n) is 8.16. The van der Waals surface area contributed by atoms with Crippen LogP contribution in [0.15, 0.2) is 58.7 Å². The molecule has 1 spiro atoms. The SMILES string of the molecule is C=C1/C(=C(\C=C/C)c2noc(-c3ccc(C)cc3)n2)CC[C@@]12CC(=O)N(CCO)C2. The zero-order valence-electron chi connectivity index (χ0n) is 17.5. The van der Waals surface area contributed by atoms with Crippen LogP contribution < -0.4 is 0 Å². The molecule has 30 heavy (non-hydrogen) atoms. The molecule has 2 fully saturated rings. The number of nitrogens with zero attached hydrogens (tertiary/aromatic N) is 3. The van der Waals surface area contributed by atoms with Crippen LogP contribution in [0.4, 0.5) is 0 Å². The first-order valence-corrected chi connectivity index (χ1v) is 10.3. The van der Waals surface area contributed by atoms with Gasteiger partial charge in [0.05, 0.1) is 6.61 Å². The van der Waals surface area contributed by atoms with Crippen molar-refractivity contribution in [2.75, 3.05) is 19.7 Å². The number of aliphatic hydroxyl groups excluding tert-OH is 1. The minimum atomic E-state index is -0.266. The highest BCUT2D eigenvalue weighted by molar-refractivity contribution is 5.83. The fourth-order valence-corrected chi connectivity index (χ4v) is 4.51. The number of hydrogen-bond acceptors (Lipinski definition) is 5. The van der Waals surface area contributed by atoms with Crippen molar-refractivity contribution < 1.29 is 14.4 Å². The molecule has 1 atom stereocenters. The molecule has 6 nitrogen and oxygen atoms in total. The number of rotatable bonds is 5. The van der Waals surface area contributed by atoms with E-state index in [1.54, 1.807) is 4.90 Å². The predicted octanol–water partition coefficient (Wildman–Crippen LogP) is 3.94. The number of amides is 1. The van der Waals surface area contributed by atoms with E-state index in [1.807, 2.05) is 50.3 Å². The highest BCUT2D eigenvalue weighted by Crippen LogP contribution is 2.53. The van der Waals surface area contributed by atoms with E-state index in [1.165, 1.54) is 5.56 Å². The van der Waals surface area contributed by atoms with Crippen LogP contribution in [0.3, 0.4) is 0 Å². The third-order valence-electron chi connectivity index (χ3n) is 6.19. The van der Waals surface area contributed by atoms with Crippen molar-refractivity contribution in [2.45, 2.75) is 33.1 Å². The largest absolute Gasteiger partial charge is 0.395 e. The standard InChI is InChI=1S/C24H27N3O3/c1-4-5-20(22-25-23(30-26-22)18-8-6-16(2)7-9-18)19-10-11-24(17(19)3)14-21(29)27(15-24)12-13-28/h4-9,28H,3,10-15H2,1-2H3/b5-4-,20-19+/t24-/m0/s1. The molecule has 1 aromatic heterocycles. The Balaban J connectivity index is 1.67. The van der Waals surface area contributed by atoms with Crippen molar-refractivity contribution in [3.8, 4) is 11.5 Å². The lowest BCUT2D eigenvalue weighted by atomic mass is 9.81. The Morgan fingerprint density at radius 1 is 1.37 bits per heavy atom. The number of hydrogen-bond donors (Lipinski definition) is 1. The first kappa shape index (κ1) is 20.3. The fourth-order valence-electron chi connectivity index (χ4n) is 4.51. The molecular weight excluding hydrogens is 378 g/mol. The highest BCUT2D eigenvalue weighted by atomic mass is 16.5. The van der Waals surface area contributed by atoms with Gasteiger partial charge in [0.2, 0.25) is 11.7 Å². The summed E-state index contributed by atoms with van der Waals surface area (Å²) in [6.07, 6.45) is 6.07. The normalized spacial score (nSPS) is 23.4. The van der Waals surface area contributed by atoms with Crippen molar-refractivity contribution >= 4 is 11.5 Å². The molecule has 0 bridgehead atoms. The van der Waals surface area contributed by atoms with Crippen molar-refractivity contribution in [1.29, 1.82) is 0 Å². The van der Waals surface area contributed by atoms with Gasteiger partial charge in [-0.05, 0) is 50.0 Å². The van der Waals surface area contributed by atoms with Crippen LogP contribution in [-0.4, -0.2) is 45.8 Å². The number of aliphatic hydroxyl groups is 1. The maximum absolute atomic E-state index is 12.4. The molecule has 2 aliphatic rings. The first-order chi connectivity index (χ1) is 14.5. The molecule has 1 N–H and O–H groups in total. The van der Waals surface area contributed by atoms with Gasteiger partial charge in [0, 0.05) is 36.1 Å². The molecule has 156 valence electrons. The number of aryl methyl sites for hydroxylation is 1. The van der Waals surface area contributed by atoms with E-state index < -0.39 is 0 Å². The smallest absolute Gasteiger partial charge is 0.258 e. The van der Waals surface area contributed by atoms with Gasteiger partial charge in [-0.1, -0.05) is 41.6 Å². The van der Waals surface area contributed by atoms with Crippen molar-refractivity contribution in [3.05, 3.63) is 65.5 Å². The predicted molar refractivity (Wildman–Crippen MR) is 115 cm³/mol. The molecule has 0 unspecified atom stereocenters. The van der Waals surface area contributed by atoms with Gasteiger partial charge in [0.1, 0.15) is 0 Å². The Hall–Kier alpha value is -2.99. The summed E-state index contributed by atoms with van der Waals surface area (Å²) in [6, 6.07) is 7.97. The molecule has 0 radical (unpaired) electrons. The maximum atomic E-state index is 12.4. The van der Waals surface area contributed by atoms with Crippen molar-refractivity contribution in [2.24, 2.45) is 5.41 Å². The summed E-state index contributed by atoms with van der Waals surface area (Å²) in [4.78, 5) is 18.8. The number of likely N-dealkylation sites (tertiary alicyclic amines) is 1. The van der Waals surface area contributed by atoms with Crippen LogP contribution >= 0.6 is 0 Å². The first-order valence-electron chi connectivity index (χ1n) is 10.3. The average molecular weight is 405 g/mol. The Labute approximate surface area is 176 Å². The van der Waals surface area contributed by atoms with Gasteiger partial charge in [0.15, 0.2) is 0 Å². The minimum absolute atomic E-state index is 0.0224. The van der Waals surface area contributed by atoms with Gasteiger partial charge in [-0.25, -0.2) is 0 Å². The lowest BCUT2D eigenvalue weighted by Crippen LogP contribution is -2.30. The van der Waals surface area contributed by atoms with E-state index in [-0.39, 0.29) is 17.9 Å². The number of carbonyl (C=O) groups excluding carboxylic acids is 1. The average Bonchev–Trinajstić information content (AvgIpc) is 3.41. The number of aromatic nitrogens is 2. The van der Waals surface area contributed by atoms with E-state index in [4.69, 9.17) is 4.52 Å². The molecule has 1 saturated heterocycles. The molecule has 2 aromatic rings. The summed E-state index contributed by atoms with van der Waals surface area (Å²) >= 11 is 0. The summed E-state index contributed by atoms with van der Waals surface area (Å²) in [7, 11) is 0. The summed E-state index contributed by atoms with van der Waals surface area (Å²) in [5, 5.41) is 13.5. The fraction of sp³-hybridized carbons (Fsp3) is 0.375. The molecule has 1 saturated carbocycles. The Morgan fingerprint density at radius 3 is 2.83 bits per heavy atom. The van der Waals surface area contributed by atoms with Crippen LogP contribution in [0.5, 0.6) is 0 Å². The topological polar surface area (TPSA) is 79.5 Å². The zero-order chi connectivity index (χ0) is 21.3. The second kappa shape index (κ2) is 8.03. The van der Waals surface area contributed by atoms with E-state index in [2.05, 4.69) is 16.7 Å². The van der Waals surface area contributed by atoms with E-state index >= 15 is 0 Å². The van der Waals surface area contributed by atoms with Gasteiger partial charge in [-0.15, -0.1) is 0 Å². The Morgan fingerprint density at radius 2 is 2.13 bits per heavy atom. The van der Waals surface area contributed by atoms with Crippen molar-refractivity contribution in [1.82, 2.24) is 15.0 Å². The van der Waals surface area contributed by atoms with E-state index in [9.17, 15) is 9.90 Å². The summed E-state index contributed by atoms with van der Waals surface area (Å²) in [5.41, 5.74) is 4.75. The van der Waals surface area contributed by atoms with Crippen LogP contribution in [0.2, 0.25) is 0 Å². The van der Waals surface area contributed by atoms with Gasteiger partial charge >= 0.3 is 0 Å². The number of β-amino-alcohol motifs (C(OH)–C–C–N with tert-alkyl or cyclic N) is 1. The lowest BCUT2D eigenvalue weighted by molar-refractivity contribution is -0.128. The summed E-state index contributed by atoms with van der Waals surface area (Å²) in [5.74, 6) is 1.10. The minimum Gasteiger partial charge on any atom is -0.395 e. The molecule has 1 aromatic carbocycles. The number of carbonyl (C=O) groups is 1. The molecule has 6 heteroatoms. The number of benzene rings is 1. The molecule has 1 amide bonds. The highest BCUT2D eigenvalue weighted by Gasteiger charge is 2.49. The quantitative estimate of drug-likeness (QED) is 0.815. The molecule has 1 aliphatic carbocycles. The number of allylic oxidation sites excluding steroid dienone is 4. The van der Waals surface area contributed by atoms with Gasteiger partial charge in [-0.2, -0.15) is 4.98 Å². The summed E-state index contributed by atoms with van der Waals surface area (Å²) < 4.78 is 5.55. The molecule has 4 rings (SSSR count). The van der Waals surface area contributed by atoms with E-state index in [0.717, 1.165) is 35.1 Å². The van der Waals surface area contributed by atoms with Crippen molar-refractivity contribution in [3.63, 3.8) is 0 Å². The van der Waals surface area contributed by atoms with Crippen LogP contribution in [0.25, 0.3) is 17.0 Å². The van der Waals surface area contributed by atoms with Crippen LogP contribution in [0.1, 0.15) is 37.6 Å². The van der Waals surface area contributed by atoms with Gasteiger partial charge in [-0.3, -0.25) is 4.79 Å². The molecule has 1 aliphatic heterocycles. The van der Waals surface area contributed by atoms with Crippen LogP contribution in [0, 0.1) is 12.3 Å². The third-order valence-corrected chi connectivity index (χ3v) is 6.19. The van der Waals surface area contributed by atoms with Gasteiger partial charge in [0.25, 0.3) is 5.89 Å². The van der Waals surface area contributed by atoms with Crippen LogP contribution in [-0.2, 0) is 4.79 Å². The third kappa shape index (κ3) is 3.52. The molecular formula is C24H27N3O3. The second-order valence-corrected chi connectivity index (χ2v) is 8.16. The Kier molecular flexibility index (Phi) is 5.43. The zero-order valence-corrected chi connectivity index (χ0v) is 17.5. The molecule has 2 heterocycles. The Bertz CT molecular complexity index is 1030.